The predicted octanol–water partition coefficient (Wildman–Crippen LogP) is 1.61. The van der Waals surface area contributed by atoms with E-state index in [1.165, 1.54) is 19.2 Å². The topological polar surface area (TPSA) is 93.5 Å². The van der Waals surface area contributed by atoms with Crippen molar-refractivity contribution in [2.75, 3.05) is 25.9 Å². The fourth-order valence-corrected chi connectivity index (χ4v) is 1.66. The number of carbonyl (C=O) groups excluding carboxylic acids is 2. The number of rotatable bonds is 6. The molecule has 0 unspecified atom stereocenters. The van der Waals surface area contributed by atoms with Gasteiger partial charge in [-0.25, -0.2) is 0 Å². The lowest BCUT2D eigenvalue weighted by Gasteiger charge is -2.11. The SMILES string of the molecule is CCCNC(=O)CNC(=O)c1cc(Cl)c(N)cc1OC.Cl. The summed E-state index contributed by atoms with van der Waals surface area (Å²) in [5.41, 5.74) is 6.19. The number of nitrogens with one attached hydrogen (secondary N) is 2. The molecule has 0 aliphatic rings. The number of hydrogen-bond donors (Lipinski definition) is 3. The lowest BCUT2D eigenvalue weighted by Crippen LogP contribution is -2.37. The highest BCUT2D eigenvalue weighted by atomic mass is 35.5. The Morgan fingerprint density at radius 3 is 2.57 bits per heavy atom. The number of benzene rings is 1. The van der Waals surface area contributed by atoms with Crippen molar-refractivity contribution in [3.8, 4) is 5.75 Å². The van der Waals surface area contributed by atoms with Crippen LogP contribution in [0.3, 0.4) is 0 Å². The number of nitrogen functional groups attached to an aromatic ring is 1. The summed E-state index contributed by atoms with van der Waals surface area (Å²) in [6.45, 7) is 2.41. The second-order valence-electron chi connectivity index (χ2n) is 4.11. The van der Waals surface area contributed by atoms with Gasteiger partial charge in [0.1, 0.15) is 5.75 Å². The van der Waals surface area contributed by atoms with E-state index >= 15 is 0 Å². The number of ether oxygens (including phenoxy) is 1. The van der Waals surface area contributed by atoms with Crippen molar-refractivity contribution in [1.29, 1.82) is 0 Å². The minimum Gasteiger partial charge on any atom is -0.496 e. The van der Waals surface area contributed by atoms with Crippen molar-refractivity contribution >= 4 is 41.5 Å². The van der Waals surface area contributed by atoms with Gasteiger partial charge in [-0.15, -0.1) is 12.4 Å². The Bertz CT molecular complexity index is 510. The van der Waals surface area contributed by atoms with E-state index < -0.39 is 5.91 Å². The molecule has 0 spiro atoms. The Hall–Kier alpha value is -1.66. The van der Waals surface area contributed by atoms with E-state index in [9.17, 15) is 9.59 Å². The van der Waals surface area contributed by atoms with Gasteiger partial charge in [-0.1, -0.05) is 18.5 Å². The summed E-state index contributed by atoms with van der Waals surface area (Å²) in [5.74, 6) is -0.394. The number of amides is 2. The van der Waals surface area contributed by atoms with Gasteiger partial charge in [0.15, 0.2) is 0 Å². The van der Waals surface area contributed by atoms with Crippen LogP contribution in [-0.2, 0) is 4.79 Å². The normalized spacial score (nSPS) is 9.48. The third-order valence-corrected chi connectivity index (χ3v) is 2.87. The van der Waals surface area contributed by atoms with Crippen LogP contribution >= 0.6 is 24.0 Å². The van der Waals surface area contributed by atoms with Crippen LogP contribution in [0.2, 0.25) is 5.02 Å². The standard InChI is InChI=1S/C13H18ClN3O3.ClH/c1-3-4-16-12(18)7-17-13(19)8-5-9(14)10(15)6-11(8)20-2;/h5-6H,3-4,7,15H2,1-2H3,(H,16,18)(H,17,19);1H. The molecule has 0 atom stereocenters. The van der Waals surface area contributed by atoms with E-state index in [0.717, 1.165) is 6.42 Å². The number of anilines is 1. The molecule has 0 bridgehead atoms. The molecule has 6 nitrogen and oxygen atoms in total. The third kappa shape index (κ3) is 5.69. The molecular weight excluding hydrogens is 317 g/mol. The first-order chi connectivity index (χ1) is 9.49. The molecule has 0 aromatic heterocycles. The highest BCUT2D eigenvalue weighted by Crippen LogP contribution is 2.28. The highest BCUT2D eigenvalue weighted by Gasteiger charge is 2.15. The lowest BCUT2D eigenvalue weighted by molar-refractivity contribution is -0.120. The lowest BCUT2D eigenvalue weighted by atomic mass is 10.1. The second kappa shape index (κ2) is 9.31. The van der Waals surface area contributed by atoms with Gasteiger partial charge in [0, 0.05) is 12.6 Å². The maximum atomic E-state index is 12.0. The average Bonchev–Trinajstić information content (AvgIpc) is 2.44. The van der Waals surface area contributed by atoms with Gasteiger partial charge in [0.25, 0.3) is 5.91 Å². The quantitative estimate of drug-likeness (QED) is 0.688. The average molecular weight is 336 g/mol. The molecule has 0 fully saturated rings. The molecule has 1 aromatic carbocycles. The van der Waals surface area contributed by atoms with E-state index in [0.29, 0.717) is 18.0 Å². The molecule has 1 aromatic rings. The summed E-state index contributed by atoms with van der Waals surface area (Å²) in [4.78, 5) is 23.4. The predicted molar refractivity (Wildman–Crippen MR) is 85.3 cm³/mol. The molecule has 4 N–H and O–H groups in total. The molecule has 118 valence electrons. The van der Waals surface area contributed by atoms with Gasteiger partial charge in [-0.05, 0) is 12.5 Å². The Labute approximate surface area is 134 Å². The minimum absolute atomic E-state index is 0. The molecule has 0 radical (unpaired) electrons. The molecule has 8 heteroatoms. The Morgan fingerprint density at radius 2 is 2.00 bits per heavy atom. The Morgan fingerprint density at radius 1 is 1.33 bits per heavy atom. The van der Waals surface area contributed by atoms with Crippen LogP contribution in [0.5, 0.6) is 5.75 Å². The smallest absolute Gasteiger partial charge is 0.255 e. The van der Waals surface area contributed by atoms with Gasteiger partial charge in [0.2, 0.25) is 5.91 Å². The van der Waals surface area contributed by atoms with Crippen molar-refractivity contribution in [2.45, 2.75) is 13.3 Å². The van der Waals surface area contributed by atoms with Crippen LogP contribution in [0.15, 0.2) is 12.1 Å². The van der Waals surface area contributed by atoms with Crippen molar-refractivity contribution in [3.05, 3.63) is 22.7 Å². The van der Waals surface area contributed by atoms with Crippen molar-refractivity contribution in [3.63, 3.8) is 0 Å². The molecule has 21 heavy (non-hydrogen) atoms. The zero-order chi connectivity index (χ0) is 15.1. The summed E-state index contributed by atoms with van der Waals surface area (Å²) in [5, 5.41) is 5.41. The summed E-state index contributed by atoms with van der Waals surface area (Å²) in [7, 11) is 1.42. The minimum atomic E-state index is -0.449. The molecule has 0 heterocycles. The van der Waals surface area contributed by atoms with Crippen LogP contribution in [0, 0.1) is 0 Å². The van der Waals surface area contributed by atoms with Gasteiger partial charge >= 0.3 is 0 Å². The van der Waals surface area contributed by atoms with Crippen molar-refractivity contribution < 1.29 is 14.3 Å². The molecule has 1 rings (SSSR count). The number of hydrogen-bond acceptors (Lipinski definition) is 4. The number of nitrogens with two attached hydrogens (primary N) is 1. The fourth-order valence-electron chi connectivity index (χ4n) is 1.50. The first-order valence-electron chi connectivity index (χ1n) is 6.17. The molecular formula is C13H19Cl2N3O3. The molecule has 0 aliphatic heterocycles. The molecule has 0 saturated heterocycles. The first kappa shape index (κ1) is 19.3. The summed E-state index contributed by atoms with van der Waals surface area (Å²) >= 11 is 5.88. The van der Waals surface area contributed by atoms with Crippen LogP contribution in [0.25, 0.3) is 0 Å². The molecule has 0 saturated carbocycles. The molecule has 0 aliphatic carbocycles. The van der Waals surface area contributed by atoms with Gasteiger partial charge in [-0.2, -0.15) is 0 Å². The van der Waals surface area contributed by atoms with Gasteiger partial charge in [0.05, 0.1) is 29.9 Å². The van der Waals surface area contributed by atoms with E-state index in [-0.39, 0.29) is 35.4 Å². The van der Waals surface area contributed by atoms with Crippen LogP contribution in [0.1, 0.15) is 23.7 Å². The van der Waals surface area contributed by atoms with Crippen molar-refractivity contribution in [2.24, 2.45) is 0 Å². The maximum Gasteiger partial charge on any atom is 0.255 e. The van der Waals surface area contributed by atoms with Crippen molar-refractivity contribution in [1.82, 2.24) is 10.6 Å². The fraction of sp³-hybridized carbons (Fsp3) is 0.385. The zero-order valence-electron chi connectivity index (χ0n) is 11.9. The first-order valence-corrected chi connectivity index (χ1v) is 6.55. The van der Waals surface area contributed by atoms with E-state index in [1.54, 1.807) is 0 Å². The van der Waals surface area contributed by atoms with Gasteiger partial charge < -0.3 is 21.1 Å². The molecule has 2 amide bonds. The monoisotopic (exact) mass is 335 g/mol. The Kier molecular flexibility index (Phi) is 8.57. The summed E-state index contributed by atoms with van der Waals surface area (Å²) in [6.07, 6.45) is 0.834. The number of methoxy groups -OCH3 is 1. The zero-order valence-corrected chi connectivity index (χ0v) is 13.4. The van der Waals surface area contributed by atoms with Crippen LogP contribution in [-0.4, -0.2) is 32.0 Å². The van der Waals surface area contributed by atoms with Crippen LogP contribution < -0.4 is 21.1 Å². The number of halogens is 2. The number of carbonyl (C=O) groups is 2. The van der Waals surface area contributed by atoms with E-state index in [2.05, 4.69) is 10.6 Å². The summed E-state index contributed by atoms with van der Waals surface area (Å²) < 4.78 is 5.07. The third-order valence-electron chi connectivity index (χ3n) is 2.55. The van der Waals surface area contributed by atoms with E-state index in [4.69, 9.17) is 22.1 Å². The largest absolute Gasteiger partial charge is 0.496 e. The second-order valence-corrected chi connectivity index (χ2v) is 4.51. The Balaban J connectivity index is 0.00000400. The maximum absolute atomic E-state index is 12.0. The van der Waals surface area contributed by atoms with E-state index in [1.807, 2.05) is 6.92 Å². The van der Waals surface area contributed by atoms with Gasteiger partial charge in [-0.3, -0.25) is 9.59 Å². The highest BCUT2D eigenvalue weighted by molar-refractivity contribution is 6.33. The van der Waals surface area contributed by atoms with Crippen LogP contribution in [0.4, 0.5) is 5.69 Å². The summed E-state index contributed by atoms with van der Waals surface area (Å²) in [6, 6.07) is 2.88.